The van der Waals surface area contributed by atoms with Crippen molar-refractivity contribution in [1.82, 2.24) is 20.2 Å². The van der Waals surface area contributed by atoms with Gasteiger partial charge >= 0.3 is 0 Å². The summed E-state index contributed by atoms with van der Waals surface area (Å²) in [5, 5.41) is 19.3. The molecule has 184 valence electrons. The highest BCUT2D eigenvalue weighted by atomic mass is 35.5. The average Bonchev–Trinajstić information content (AvgIpc) is 3.29. The quantitative estimate of drug-likeness (QED) is 0.330. The fourth-order valence-corrected chi connectivity index (χ4v) is 4.24. The van der Waals surface area contributed by atoms with Crippen LogP contribution in [0.25, 0.3) is 11.5 Å². The Morgan fingerprint density at radius 1 is 1.14 bits per heavy atom. The molecule has 35 heavy (non-hydrogen) atoms. The predicted octanol–water partition coefficient (Wildman–Crippen LogP) is 3.69. The molecule has 0 fully saturated rings. The van der Waals surface area contributed by atoms with Gasteiger partial charge < -0.3 is 20.6 Å². The summed E-state index contributed by atoms with van der Waals surface area (Å²) >= 11 is 6.02. The number of nitrogens with zero attached hydrogens (tertiary/aromatic N) is 4. The van der Waals surface area contributed by atoms with Crippen LogP contribution in [-0.4, -0.2) is 46.6 Å². The maximum Gasteiger partial charge on any atom is 0.253 e. The van der Waals surface area contributed by atoms with E-state index in [2.05, 4.69) is 25.5 Å². The van der Waals surface area contributed by atoms with Gasteiger partial charge in [0, 0.05) is 31.2 Å². The van der Waals surface area contributed by atoms with Gasteiger partial charge in [-0.05, 0) is 30.2 Å². The van der Waals surface area contributed by atoms with Crippen LogP contribution in [0.4, 0.5) is 17.5 Å². The van der Waals surface area contributed by atoms with Gasteiger partial charge in [-0.3, -0.25) is 0 Å². The zero-order valence-corrected chi connectivity index (χ0v) is 20.7. The first-order valence-corrected chi connectivity index (χ1v) is 12.8. The first-order valence-electron chi connectivity index (χ1n) is 10.6. The largest absolute Gasteiger partial charge is 0.421 e. The van der Waals surface area contributed by atoms with Gasteiger partial charge in [0.15, 0.2) is 9.84 Å². The molecule has 4 rings (SSSR count). The highest BCUT2D eigenvalue weighted by Gasteiger charge is 2.15. The standard InChI is InChI=1S/C15H15ClN6O3S.C8H10O/c1-3-12-21-22-14(25-12)9-7-18-15(20-13(9)17)19-8-4-5-11(10(16)6-8)26(2,23)24;9-7-6-8-4-2-1-3-5-8/h4-7H,3H2,1-2H3,(H3,17,18,19,20);1-5,9H,6-7H2. The number of hydrogen-bond acceptors (Lipinski definition) is 10. The number of hydrogen-bond donors (Lipinski definition) is 3. The van der Waals surface area contributed by atoms with Crippen LogP contribution in [0.15, 0.2) is 64.0 Å². The smallest absolute Gasteiger partial charge is 0.253 e. The Hall–Kier alpha value is -3.54. The van der Waals surface area contributed by atoms with E-state index in [0.717, 1.165) is 12.7 Å². The van der Waals surface area contributed by atoms with E-state index < -0.39 is 9.84 Å². The second-order valence-electron chi connectivity index (χ2n) is 7.35. The molecule has 0 saturated carbocycles. The maximum absolute atomic E-state index is 11.6. The van der Waals surface area contributed by atoms with Crippen molar-refractivity contribution in [3.63, 3.8) is 0 Å². The number of aromatic nitrogens is 4. The van der Waals surface area contributed by atoms with Crippen molar-refractivity contribution in [2.75, 3.05) is 23.9 Å². The van der Waals surface area contributed by atoms with Crippen LogP contribution < -0.4 is 11.1 Å². The third-order valence-corrected chi connectivity index (χ3v) is 6.23. The zero-order chi connectivity index (χ0) is 25.4. The summed E-state index contributed by atoms with van der Waals surface area (Å²) in [5.41, 5.74) is 8.08. The number of aliphatic hydroxyl groups is 1. The molecule has 4 aromatic rings. The van der Waals surface area contributed by atoms with Gasteiger partial charge in [-0.2, -0.15) is 4.98 Å². The highest BCUT2D eigenvalue weighted by Crippen LogP contribution is 2.28. The van der Waals surface area contributed by atoms with Crippen LogP contribution in [0.5, 0.6) is 0 Å². The lowest BCUT2D eigenvalue weighted by molar-refractivity contribution is 0.299. The molecule has 0 unspecified atom stereocenters. The first-order chi connectivity index (χ1) is 16.7. The third kappa shape index (κ3) is 7.22. The molecule has 2 heterocycles. The van der Waals surface area contributed by atoms with E-state index in [1.54, 1.807) is 6.07 Å². The van der Waals surface area contributed by atoms with Crippen molar-refractivity contribution >= 4 is 38.9 Å². The molecular weight excluding hydrogens is 492 g/mol. The molecule has 0 aliphatic carbocycles. The van der Waals surface area contributed by atoms with Gasteiger partial charge in [-0.25, -0.2) is 13.4 Å². The minimum absolute atomic E-state index is 0.0450. The fourth-order valence-electron chi connectivity index (χ4n) is 2.91. The molecule has 0 bridgehead atoms. The molecule has 0 atom stereocenters. The van der Waals surface area contributed by atoms with Gasteiger partial charge in [0.25, 0.3) is 5.89 Å². The number of nitrogen functional groups attached to an aromatic ring is 1. The van der Waals surface area contributed by atoms with E-state index in [4.69, 9.17) is 26.9 Å². The van der Waals surface area contributed by atoms with E-state index in [1.165, 1.54) is 23.9 Å². The monoisotopic (exact) mass is 516 g/mol. The van der Waals surface area contributed by atoms with Crippen LogP contribution in [0, 0.1) is 0 Å². The number of nitrogens with one attached hydrogen (secondary N) is 1. The lowest BCUT2D eigenvalue weighted by Gasteiger charge is -2.08. The Morgan fingerprint density at radius 2 is 1.89 bits per heavy atom. The van der Waals surface area contributed by atoms with Gasteiger partial charge in [0.05, 0.1) is 15.5 Å². The molecule has 10 nitrogen and oxygen atoms in total. The van der Waals surface area contributed by atoms with Gasteiger partial charge in [-0.1, -0.05) is 48.9 Å². The Kier molecular flexibility index (Phi) is 8.74. The summed E-state index contributed by atoms with van der Waals surface area (Å²) in [7, 11) is -3.40. The second kappa shape index (κ2) is 11.7. The molecule has 0 amide bonds. The van der Waals surface area contributed by atoms with Crippen molar-refractivity contribution in [3.8, 4) is 11.5 Å². The molecule has 0 saturated heterocycles. The molecular formula is C23H25ClN6O4S. The maximum atomic E-state index is 11.6. The zero-order valence-electron chi connectivity index (χ0n) is 19.1. The van der Waals surface area contributed by atoms with E-state index in [-0.39, 0.29) is 34.2 Å². The fraction of sp³-hybridized carbons (Fsp3) is 0.217. The van der Waals surface area contributed by atoms with Gasteiger partial charge in [-0.15, -0.1) is 10.2 Å². The summed E-state index contributed by atoms with van der Waals surface area (Å²) < 4.78 is 28.6. The molecule has 12 heteroatoms. The SMILES string of the molecule is CCc1nnc(-c2cnc(Nc3ccc(S(C)(=O)=O)c(Cl)c3)nc2N)o1.OCCc1ccccc1. The topological polar surface area (TPSA) is 157 Å². The summed E-state index contributed by atoms with van der Waals surface area (Å²) in [6.07, 6.45) is 3.92. The number of anilines is 3. The van der Waals surface area contributed by atoms with Crippen molar-refractivity contribution in [2.45, 2.75) is 24.7 Å². The van der Waals surface area contributed by atoms with Crippen LogP contribution in [0.3, 0.4) is 0 Å². The summed E-state index contributed by atoms with van der Waals surface area (Å²) in [4.78, 5) is 8.35. The number of halogens is 1. The first kappa shape index (κ1) is 26.1. The number of aryl methyl sites for hydroxylation is 1. The Labute approximate surface area is 208 Å². The third-order valence-electron chi connectivity index (χ3n) is 4.65. The Bertz CT molecular complexity index is 1380. The molecule has 0 aliphatic heterocycles. The van der Waals surface area contributed by atoms with E-state index >= 15 is 0 Å². The minimum Gasteiger partial charge on any atom is -0.421 e. The van der Waals surface area contributed by atoms with Crippen LogP contribution in [-0.2, 0) is 22.7 Å². The normalized spacial score (nSPS) is 11.0. The van der Waals surface area contributed by atoms with Gasteiger partial charge in [0.2, 0.25) is 11.8 Å². The predicted molar refractivity (Wildman–Crippen MR) is 134 cm³/mol. The number of nitrogens with two attached hydrogens (primary N) is 1. The Morgan fingerprint density at radius 3 is 2.46 bits per heavy atom. The molecule has 0 radical (unpaired) electrons. The Balaban J connectivity index is 0.000000320. The lowest BCUT2D eigenvalue weighted by atomic mass is 10.2. The molecule has 0 aliphatic rings. The lowest BCUT2D eigenvalue weighted by Crippen LogP contribution is -2.03. The van der Waals surface area contributed by atoms with Crippen molar-refractivity contribution in [2.24, 2.45) is 0 Å². The van der Waals surface area contributed by atoms with E-state index in [9.17, 15) is 8.42 Å². The number of sulfone groups is 1. The minimum atomic E-state index is -3.40. The van der Waals surface area contributed by atoms with Crippen molar-refractivity contribution < 1.29 is 17.9 Å². The number of rotatable bonds is 7. The molecule has 2 aromatic carbocycles. The van der Waals surface area contributed by atoms with Crippen molar-refractivity contribution in [3.05, 3.63) is 71.2 Å². The number of benzene rings is 2. The summed E-state index contributed by atoms with van der Waals surface area (Å²) in [6.45, 7) is 2.13. The molecule has 2 aromatic heterocycles. The average molecular weight is 517 g/mol. The second-order valence-corrected chi connectivity index (χ2v) is 9.74. The summed E-state index contributed by atoms with van der Waals surface area (Å²) in [5.74, 6) is 1.10. The molecule has 4 N–H and O–H groups in total. The van der Waals surface area contributed by atoms with Crippen LogP contribution in [0.1, 0.15) is 18.4 Å². The van der Waals surface area contributed by atoms with Crippen LogP contribution in [0.2, 0.25) is 5.02 Å². The van der Waals surface area contributed by atoms with Crippen molar-refractivity contribution in [1.29, 1.82) is 0 Å². The number of aliphatic hydroxyl groups excluding tert-OH is 1. The molecule has 0 spiro atoms. The van der Waals surface area contributed by atoms with Crippen LogP contribution >= 0.6 is 11.6 Å². The van der Waals surface area contributed by atoms with E-state index in [1.807, 2.05) is 37.3 Å². The summed E-state index contributed by atoms with van der Waals surface area (Å²) in [6, 6.07) is 14.4. The highest BCUT2D eigenvalue weighted by molar-refractivity contribution is 7.90. The van der Waals surface area contributed by atoms with E-state index in [0.29, 0.717) is 23.6 Å². The van der Waals surface area contributed by atoms with Gasteiger partial charge in [0.1, 0.15) is 5.82 Å².